The Hall–Kier alpha value is -1.41. The minimum atomic E-state index is -1.16. The molecule has 0 spiro atoms. The molecule has 0 unspecified atom stereocenters. The average molecular weight is 426 g/mol. The third-order valence-corrected chi connectivity index (χ3v) is 5.12. The van der Waals surface area contributed by atoms with Crippen molar-refractivity contribution in [2.75, 3.05) is 20.1 Å². The van der Waals surface area contributed by atoms with E-state index in [9.17, 15) is 14.7 Å². The van der Waals surface area contributed by atoms with Crippen LogP contribution in [-0.2, 0) is 6.54 Å². The Kier molecular flexibility index (Phi) is 4.72. The predicted molar refractivity (Wildman–Crippen MR) is 98.1 cm³/mol. The number of hydrogen-bond acceptors (Lipinski definition) is 3. The normalized spacial score (nSPS) is 19.1. The number of carbonyl (C=O) groups is 1. The number of piperidine rings is 1. The molecule has 1 atom stereocenters. The second kappa shape index (κ2) is 6.60. The number of nitrogens with zero attached hydrogens (tertiary/aromatic N) is 2. The summed E-state index contributed by atoms with van der Waals surface area (Å²) in [6.45, 7) is 2.85. The van der Waals surface area contributed by atoms with E-state index in [1.807, 2.05) is 16.7 Å². The number of fused-ring (bicyclic) bond motifs is 1. The van der Waals surface area contributed by atoms with Gasteiger partial charge < -0.3 is 14.6 Å². The summed E-state index contributed by atoms with van der Waals surface area (Å²) in [6, 6.07) is 5.64. The van der Waals surface area contributed by atoms with Crippen LogP contribution in [0.1, 0.15) is 23.2 Å². The van der Waals surface area contributed by atoms with Crippen LogP contribution < -0.4 is 5.43 Å². The van der Waals surface area contributed by atoms with Crippen LogP contribution in [0, 0.1) is 9.49 Å². The molecule has 5 nitrogen and oxygen atoms in total. The topological polar surface area (TPSA) is 62.5 Å². The van der Waals surface area contributed by atoms with Crippen LogP contribution in [-0.4, -0.2) is 40.7 Å². The van der Waals surface area contributed by atoms with E-state index in [2.05, 4.69) is 34.5 Å². The number of carboxylic acid groups (broad SMARTS) is 1. The van der Waals surface area contributed by atoms with Crippen molar-refractivity contribution in [1.82, 2.24) is 9.47 Å². The molecule has 1 aromatic heterocycles. The molecule has 3 rings (SSSR count). The first kappa shape index (κ1) is 16.4. The zero-order chi connectivity index (χ0) is 16.6. The van der Waals surface area contributed by atoms with E-state index >= 15 is 0 Å². The smallest absolute Gasteiger partial charge is 0.341 e. The van der Waals surface area contributed by atoms with Crippen molar-refractivity contribution in [3.05, 3.63) is 43.8 Å². The first-order valence-corrected chi connectivity index (χ1v) is 8.78. The van der Waals surface area contributed by atoms with Crippen LogP contribution in [0.15, 0.2) is 29.2 Å². The molecule has 0 amide bonds. The third-order valence-electron chi connectivity index (χ3n) is 4.45. The van der Waals surface area contributed by atoms with Gasteiger partial charge in [-0.3, -0.25) is 4.79 Å². The number of carboxylic acids is 1. The van der Waals surface area contributed by atoms with E-state index in [4.69, 9.17) is 0 Å². The van der Waals surface area contributed by atoms with Crippen molar-refractivity contribution in [2.24, 2.45) is 5.92 Å². The highest BCUT2D eigenvalue weighted by Gasteiger charge is 2.20. The first-order chi connectivity index (χ1) is 11.0. The number of hydrogen-bond donors (Lipinski definition) is 1. The lowest BCUT2D eigenvalue weighted by Crippen LogP contribution is -2.34. The van der Waals surface area contributed by atoms with Crippen LogP contribution in [0.2, 0.25) is 0 Å². The Labute approximate surface area is 148 Å². The van der Waals surface area contributed by atoms with Crippen LogP contribution in [0.4, 0.5) is 0 Å². The number of rotatable bonds is 3. The van der Waals surface area contributed by atoms with Crippen molar-refractivity contribution in [3.63, 3.8) is 0 Å². The Morgan fingerprint density at radius 3 is 2.91 bits per heavy atom. The van der Waals surface area contributed by atoms with Crippen molar-refractivity contribution in [3.8, 4) is 0 Å². The minimum Gasteiger partial charge on any atom is -0.477 e. The highest BCUT2D eigenvalue weighted by molar-refractivity contribution is 14.1. The molecular formula is C17H19IN2O3. The summed E-state index contributed by atoms with van der Waals surface area (Å²) in [7, 11) is 2.11. The molecule has 122 valence electrons. The molecule has 1 aromatic carbocycles. The van der Waals surface area contributed by atoms with Crippen LogP contribution >= 0.6 is 22.6 Å². The summed E-state index contributed by atoms with van der Waals surface area (Å²) in [5.74, 6) is -0.689. The number of aromatic carboxylic acids is 1. The Morgan fingerprint density at radius 2 is 2.22 bits per heavy atom. The van der Waals surface area contributed by atoms with E-state index in [1.165, 1.54) is 6.20 Å². The van der Waals surface area contributed by atoms with Gasteiger partial charge in [-0.05, 0) is 73.1 Å². The average Bonchev–Trinajstić information content (AvgIpc) is 2.50. The molecule has 23 heavy (non-hydrogen) atoms. The third kappa shape index (κ3) is 3.42. The molecular weight excluding hydrogens is 407 g/mol. The maximum atomic E-state index is 12.4. The fourth-order valence-electron chi connectivity index (χ4n) is 3.37. The van der Waals surface area contributed by atoms with E-state index in [-0.39, 0.29) is 5.56 Å². The fourth-order valence-corrected chi connectivity index (χ4v) is 3.86. The minimum absolute atomic E-state index is 0.149. The molecule has 1 fully saturated rings. The second-order valence-corrected chi connectivity index (χ2v) is 7.51. The lowest BCUT2D eigenvalue weighted by molar-refractivity contribution is 0.0694. The van der Waals surface area contributed by atoms with Gasteiger partial charge >= 0.3 is 5.97 Å². The number of likely N-dealkylation sites (tertiary alicyclic amines) is 1. The van der Waals surface area contributed by atoms with Crippen LogP contribution in [0.3, 0.4) is 0 Å². The number of halogens is 1. The summed E-state index contributed by atoms with van der Waals surface area (Å²) in [6.07, 6.45) is 3.79. The van der Waals surface area contributed by atoms with Crippen molar-refractivity contribution in [1.29, 1.82) is 0 Å². The fraction of sp³-hybridized carbons (Fsp3) is 0.412. The summed E-state index contributed by atoms with van der Waals surface area (Å²) >= 11 is 2.14. The van der Waals surface area contributed by atoms with Gasteiger partial charge in [0.05, 0.1) is 5.52 Å². The van der Waals surface area contributed by atoms with E-state index in [0.717, 1.165) is 41.6 Å². The number of benzene rings is 1. The quantitative estimate of drug-likeness (QED) is 0.767. The Bertz CT molecular complexity index is 815. The van der Waals surface area contributed by atoms with Crippen molar-refractivity contribution >= 4 is 39.5 Å². The SMILES string of the molecule is CN1CCC[C@H](Cn2cc(C(=O)O)c(=O)c3cc(I)ccc32)C1. The van der Waals surface area contributed by atoms with Gasteiger partial charge in [0.25, 0.3) is 0 Å². The van der Waals surface area contributed by atoms with Gasteiger partial charge in [0, 0.05) is 28.2 Å². The molecule has 1 saturated heterocycles. The van der Waals surface area contributed by atoms with Gasteiger partial charge in [0.2, 0.25) is 5.43 Å². The van der Waals surface area contributed by atoms with Crippen LogP contribution in [0.25, 0.3) is 10.9 Å². The molecule has 1 N–H and O–H groups in total. The van der Waals surface area contributed by atoms with Crippen LogP contribution in [0.5, 0.6) is 0 Å². The van der Waals surface area contributed by atoms with Gasteiger partial charge in [-0.1, -0.05) is 0 Å². The molecule has 1 aliphatic rings. The maximum absolute atomic E-state index is 12.4. The van der Waals surface area contributed by atoms with Crippen molar-refractivity contribution in [2.45, 2.75) is 19.4 Å². The molecule has 0 bridgehead atoms. The molecule has 0 radical (unpaired) electrons. The van der Waals surface area contributed by atoms with Gasteiger partial charge in [-0.2, -0.15) is 0 Å². The standard InChI is InChI=1S/C17H19IN2O3/c1-19-6-2-3-11(8-19)9-20-10-14(17(22)23)16(21)13-7-12(18)4-5-15(13)20/h4-5,7,10-11H,2-3,6,8-9H2,1H3,(H,22,23)/t11-/m0/s1. The summed E-state index contributed by atoms with van der Waals surface area (Å²) < 4.78 is 2.87. The maximum Gasteiger partial charge on any atom is 0.341 e. The predicted octanol–water partition coefficient (Wildman–Crippen LogP) is 2.65. The van der Waals surface area contributed by atoms with Gasteiger partial charge in [-0.15, -0.1) is 0 Å². The summed E-state index contributed by atoms with van der Waals surface area (Å²) in [5, 5.41) is 9.83. The molecule has 0 saturated carbocycles. The largest absolute Gasteiger partial charge is 0.477 e. The highest BCUT2D eigenvalue weighted by atomic mass is 127. The van der Waals surface area contributed by atoms with E-state index in [1.54, 1.807) is 6.07 Å². The second-order valence-electron chi connectivity index (χ2n) is 6.26. The first-order valence-electron chi connectivity index (χ1n) is 7.70. The number of pyridine rings is 1. The van der Waals surface area contributed by atoms with Crippen molar-refractivity contribution < 1.29 is 9.90 Å². The Balaban J connectivity index is 2.09. The van der Waals surface area contributed by atoms with E-state index < -0.39 is 11.4 Å². The highest BCUT2D eigenvalue weighted by Crippen LogP contribution is 2.21. The molecule has 2 aromatic rings. The monoisotopic (exact) mass is 426 g/mol. The Morgan fingerprint density at radius 1 is 1.43 bits per heavy atom. The molecule has 2 heterocycles. The lowest BCUT2D eigenvalue weighted by Gasteiger charge is -2.30. The number of aromatic nitrogens is 1. The summed E-state index contributed by atoms with van der Waals surface area (Å²) in [5.41, 5.74) is 0.264. The van der Waals surface area contributed by atoms with Gasteiger partial charge in [-0.25, -0.2) is 4.79 Å². The summed E-state index contributed by atoms with van der Waals surface area (Å²) in [4.78, 5) is 26.1. The lowest BCUT2D eigenvalue weighted by atomic mass is 9.98. The van der Waals surface area contributed by atoms with Gasteiger partial charge in [0.15, 0.2) is 0 Å². The molecule has 1 aliphatic heterocycles. The molecule has 6 heteroatoms. The zero-order valence-electron chi connectivity index (χ0n) is 13.0. The zero-order valence-corrected chi connectivity index (χ0v) is 15.1. The van der Waals surface area contributed by atoms with E-state index in [0.29, 0.717) is 11.3 Å². The molecule has 0 aliphatic carbocycles. The van der Waals surface area contributed by atoms with Gasteiger partial charge in [0.1, 0.15) is 5.56 Å².